The summed E-state index contributed by atoms with van der Waals surface area (Å²) in [6, 6.07) is 6.81. The SMILES string of the molecule is CCOC(=O)Cc1nnc(S[C@H](C)C(=O)c2ccc(NC(=O)C(C)C)cc2)n1C. The Balaban J connectivity index is 2.01. The van der Waals surface area contributed by atoms with E-state index in [1.165, 1.54) is 11.8 Å². The number of rotatable bonds is 9. The summed E-state index contributed by atoms with van der Waals surface area (Å²) < 4.78 is 6.62. The lowest BCUT2D eigenvalue weighted by molar-refractivity contribution is -0.142. The Hall–Kier alpha value is -2.68. The fraction of sp³-hybridized carbons (Fsp3) is 0.450. The smallest absolute Gasteiger partial charge is 0.313 e. The van der Waals surface area contributed by atoms with Crippen LogP contribution in [-0.2, 0) is 27.8 Å². The molecule has 2 aromatic rings. The molecule has 0 fully saturated rings. The van der Waals surface area contributed by atoms with Crippen molar-refractivity contribution in [3.05, 3.63) is 35.7 Å². The van der Waals surface area contributed by atoms with Gasteiger partial charge in [-0.05, 0) is 38.1 Å². The zero-order chi connectivity index (χ0) is 21.6. The van der Waals surface area contributed by atoms with Gasteiger partial charge in [0.15, 0.2) is 10.9 Å². The van der Waals surface area contributed by atoms with E-state index in [9.17, 15) is 14.4 Å². The summed E-state index contributed by atoms with van der Waals surface area (Å²) in [6.07, 6.45) is 0.0315. The van der Waals surface area contributed by atoms with Gasteiger partial charge in [-0.1, -0.05) is 25.6 Å². The van der Waals surface area contributed by atoms with E-state index in [1.54, 1.807) is 49.7 Å². The van der Waals surface area contributed by atoms with Gasteiger partial charge in [-0.2, -0.15) is 0 Å². The average Bonchev–Trinajstić information content (AvgIpc) is 3.01. The van der Waals surface area contributed by atoms with Crippen LogP contribution in [0.3, 0.4) is 0 Å². The van der Waals surface area contributed by atoms with E-state index in [-0.39, 0.29) is 30.0 Å². The number of ether oxygens (including phenoxy) is 1. The summed E-state index contributed by atoms with van der Waals surface area (Å²) in [6.45, 7) is 7.48. The standard InChI is InChI=1S/C20H26N4O4S/c1-6-28-17(25)11-16-22-23-20(24(16)5)29-13(4)18(26)14-7-9-15(10-8-14)21-19(27)12(2)3/h7-10,12-13H,6,11H2,1-5H3,(H,21,27)/t13-/m1/s1. The molecule has 1 amide bonds. The summed E-state index contributed by atoms with van der Waals surface area (Å²) in [7, 11) is 1.75. The second-order valence-electron chi connectivity index (χ2n) is 6.79. The Bertz CT molecular complexity index is 877. The summed E-state index contributed by atoms with van der Waals surface area (Å²) in [5.41, 5.74) is 1.19. The van der Waals surface area contributed by atoms with Gasteiger partial charge in [-0.15, -0.1) is 10.2 Å². The quantitative estimate of drug-likeness (QED) is 0.379. The van der Waals surface area contributed by atoms with Gasteiger partial charge < -0.3 is 14.6 Å². The topological polar surface area (TPSA) is 103 Å². The minimum absolute atomic E-state index is 0.0315. The Kier molecular flexibility index (Phi) is 7.95. The third-order valence-electron chi connectivity index (χ3n) is 4.15. The number of ketones is 1. The largest absolute Gasteiger partial charge is 0.466 e. The van der Waals surface area contributed by atoms with Gasteiger partial charge in [-0.25, -0.2) is 0 Å². The molecule has 0 bridgehead atoms. The van der Waals surface area contributed by atoms with Gasteiger partial charge in [-0.3, -0.25) is 14.4 Å². The third kappa shape index (κ3) is 6.15. The highest BCUT2D eigenvalue weighted by Gasteiger charge is 2.21. The van der Waals surface area contributed by atoms with Crippen LogP contribution in [-0.4, -0.2) is 44.3 Å². The number of benzene rings is 1. The Morgan fingerprint density at radius 1 is 1.14 bits per heavy atom. The Morgan fingerprint density at radius 2 is 1.79 bits per heavy atom. The van der Waals surface area contributed by atoms with Crippen molar-refractivity contribution >= 4 is 35.1 Å². The van der Waals surface area contributed by atoms with Crippen molar-refractivity contribution in [2.75, 3.05) is 11.9 Å². The molecule has 0 saturated carbocycles. The average molecular weight is 419 g/mol. The van der Waals surface area contributed by atoms with Gasteiger partial charge >= 0.3 is 5.97 Å². The summed E-state index contributed by atoms with van der Waals surface area (Å²) in [5, 5.41) is 11.0. The third-order valence-corrected chi connectivity index (χ3v) is 5.28. The van der Waals surface area contributed by atoms with Crippen LogP contribution in [0.25, 0.3) is 0 Å². The number of esters is 1. The van der Waals surface area contributed by atoms with E-state index < -0.39 is 5.25 Å². The summed E-state index contributed by atoms with van der Waals surface area (Å²) in [5.74, 6) is -0.141. The molecule has 1 atom stereocenters. The van der Waals surface area contributed by atoms with Gasteiger partial charge in [0.2, 0.25) is 5.91 Å². The van der Waals surface area contributed by atoms with Crippen LogP contribution < -0.4 is 5.32 Å². The van der Waals surface area contributed by atoms with E-state index in [0.29, 0.717) is 28.8 Å². The molecule has 0 spiro atoms. The first kappa shape index (κ1) is 22.6. The molecule has 0 aliphatic rings. The van der Waals surface area contributed by atoms with Crippen molar-refractivity contribution in [2.24, 2.45) is 13.0 Å². The van der Waals surface area contributed by atoms with Crippen LogP contribution >= 0.6 is 11.8 Å². The Morgan fingerprint density at radius 3 is 2.38 bits per heavy atom. The van der Waals surface area contributed by atoms with Crippen LogP contribution in [0.4, 0.5) is 5.69 Å². The van der Waals surface area contributed by atoms with Crippen molar-refractivity contribution in [2.45, 2.75) is 44.5 Å². The molecule has 1 aromatic heterocycles. The highest BCUT2D eigenvalue weighted by molar-refractivity contribution is 8.00. The maximum absolute atomic E-state index is 12.7. The predicted octanol–water partition coefficient (Wildman–Crippen LogP) is 2.88. The molecule has 0 saturated heterocycles. The molecule has 0 radical (unpaired) electrons. The fourth-order valence-electron chi connectivity index (χ4n) is 2.39. The van der Waals surface area contributed by atoms with Crippen LogP contribution in [0, 0.1) is 5.92 Å². The molecular formula is C20H26N4O4S. The Labute approximate surface area is 174 Å². The molecule has 156 valence electrons. The maximum atomic E-state index is 12.7. The van der Waals surface area contributed by atoms with E-state index in [2.05, 4.69) is 15.5 Å². The molecule has 1 heterocycles. The normalized spacial score (nSPS) is 11.9. The maximum Gasteiger partial charge on any atom is 0.313 e. The fourth-order valence-corrected chi connectivity index (χ4v) is 3.30. The molecule has 0 aliphatic heterocycles. The first-order valence-electron chi connectivity index (χ1n) is 9.38. The minimum atomic E-state index is -0.399. The lowest BCUT2D eigenvalue weighted by Gasteiger charge is -2.11. The second kappa shape index (κ2) is 10.2. The van der Waals surface area contributed by atoms with Crippen LogP contribution in [0.1, 0.15) is 43.9 Å². The molecule has 0 aliphatic carbocycles. The van der Waals surface area contributed by atoms with E-state index in [1.807, 2.05) is 13.8 Å². The molecule has 1 N–H and O–H groups in total. The van der Waals surface area contributed by atoms with Gasteiger partial charge in [0, 0.05) is 24.2 Å². The highest BCUT2D eigenvalue weighted by Crippen LogP contribution is 2.25. The van der Waals surface area contributed by atoms with E-state index >= 15 is 0 Å². The number of carbonyl (C=O) groups excluding carboxylic acids is 3. The van der Waals surface area contributed by atoms with Gasteiger partial charge in [0.05, 0.1) is 11.9 Å². The van der Waals surface area contributed by atoms with Crippen LogP contribution in [0.2, 0.25) is 0 Å². The molecular weight excluding hydrogens is 392 g/mol. The lowest BCUT2D eigenvalue weighted by Crippen LogP contribution is -2.18. The predicted molar refractivity (Wildman–Crippen MR) is 111 cm³/mol. The second-order valence-corrected chi connectivity index (χ2v) is 8.09. The van der Waals surface area contributed by atoms with Crippen molar-refractivity contribution in [3.8, 4) is 0 Å². The lowest BCUT2D eigenvalue weighted by atomic mass is 10.1. The first-order chi connectivity index (χ1) is 13.7. The monoisotopic (exact) mass is 418 g/mol. The number of nitrogens with zero attached hydrogens (tertiary/aromatic N) is 3. The number of Topliss-reactive ketones (excluding diaryl/α,β-unsaturated/α-hetero) is 1. The highest BCUT2D eigenvalue weighted by atomic mass is 32.2. The van der Waals surface area contributed by atoms with Crippen molar-refractivity contribution < 1.29 is 19.1 Å². The molecule has 9 heteroatoms. The van der Waals surface area contributed by atoms with Crippen LogP contribution in [0.15, 0.2) is 29.4 Å². The number of thioether (sulfide) groups is 1. The molecule has 0 unspecified atom stereocenters. The van der Waals surface area contributed by atoms with E-state index in [4.69, 9.17) is 4.74 Å². The molecule has 1 aromatic carbocycles. The summed E-state index contributed by atoms with van der Waals surface area (Å²) in [4.78, 5) is 36.1. The molecule has 8 nitrogen and oxygen atoms in total. The van der Waals surface area contributed by atoms with E-state index in [0.717, 1.165) is 0 Å². The molecule has 29 heavy (non-hydrogen) atoms. The number of carbonyl (C=O) groups is 3. The van der Waals surface area contributed by atoms with Crippen LogP contribution in [0.5, 0.6) is 0 Å². The zero-order valence-corrected chi connectivity index (χ0v) is 18.1. The number of amides is 1. The molecule has 2 rings (SSSR count). The van der Waals surface area contributed by atoms with Crippen molar-refractivity contribution in [1.29, 1.82) is 0 Å². The van der Waals surface area contributed by atoms with Gasteiger partial charge in [0.25, 0.3) is 0 Å². The zero-order valence-electron chi connectivity index (χ0n) is 17.3. The number of aromatic nitrogens is 3. The number of anilines is 1. The van der Waals surface area contributed by atoms with Gasteiger partial charge in [0.1, 0.15) is 12.2 Å². The number of hydrogen-bond acceptors (Lipinski definition) is 7. The summed E-state index contributed by atoms with van der Waals surface area (Å²) >= 11 is 1.27. The van der Waals surface area contributed by atoms with Crippen molar-refractivity contribution in [3.63, 3.8) is 0 Å². The minimum Gasteiger partial charge on any atom is -0.466 e. The number of nitrogens with one attached hydrogen (secondary N) is 1. The number of hydrogen-bond donors (Lipinski definition) is 1. The van der Waals surface area contributed by atoms with Crippen molar-refractivity contribution in [1.82, 2.24) is 14.8 Å². The first-order valence-corrected chi connectivity index (χ1v) is 10.3.